The fraction of sp³-hybridized carbons (Fsp3) is 0.600. The van der Waals surface area contributed by atoms with Gasteiger partial charge in [-0.1, -0.05) is 58.6 Å². The van der Waals surface area contributed by atoms with E-state index in [1.165, 1.54) is 0 Å². The maximum Gasteiger partial charge on any atom is 0.314 e. The van der Waals surface area contributed by atoms with Crippen LogP contribution in [0.4, 0.5) is 0 Å². The van der Waals surface area contributed by atoms with Gasteiger partial charge in [0.25, 0.3) is 0 Å². The predicted molar refractivity (Wildman–Crippen MR) is 95.2 cm³/mol. The summed E-state index contributed by atoms with van der Waals surface area (Å²) in [6, 6.07) is 6.85. The molecule has 0 aromatic heterocycles. The Bertz CT molecular complexity index is 510. The zero-order valence-electron chi connectivity index (χ0n) is 15.2. The molecule has 0 N–H and O–H groups in total. The lowest BCUT2D eigenvalue weighted by atomic mass is 9.97. The van der Waals surface area contributed by atoms with Crippen LogP contribution in [0.25, 0.3) is 0 Å². The minimum atomic E-state index is -0.311. The molecule has 0 aliphatic carbocycles. The molecule has 0 saturated carbocycles. The van der Waals surface area contributed by atoms with E-state index in [0.29, 0.717) is 17.9 Å². The highest BCUT2D eigenvalue weighted by atomic mass is 16.6. The van der Waals surface area contributed by atoms with E-state index >= 15 is 0 Å². The lowest BCUT2D eigenvalue weighted by molar-refractivity contribution is -0.140. The number of unbranched alkanes of at least 4 members (excludes halogenated alkanes) is 2. The molecule has 0 fully saturated rings. The molecule has 1 aromatic rings. The van der Waals surface area contributed by atoms with Gasteiger partial charge in [0, 0.05) is 6.42 Å². The molecule has 0 aliphatic rings. The summed E-state index contributed by atoms with van der Waals surface area (Å²) in [6.07, 6.45) is 6.96. The Morgan fingerprint density at radius 3 is 2.12 bits per heavy atom. The summed E-state index contributed by atoms with van der Waals surface area (Å²) < 4.78 is 10.9. The lowest BCUT2D eigenvalue weighted by Gasteiger charge is -2.16. The number of carbonyl (C=O) groups is 2. The van der Waals surface area contributed by atoms with E-state index in [4.69, 9.17) is 9.47 Å². The number of esters is 2. The molecule has 0 radical (unpaired) electrons. The van der Waals surface area contributed by atoms with E-state index in [2.05, 4.69) is 13.8 Å². The van der Waals surface area contributed by atoms with E-state index < -0.39 is 0 Å². The molecule has 0 aliphatic heterocycles. The third-order valence-electron chi connectivity index (χ3n) is 3.86. The van der Waals surface area contributed by atoms with Crippen LogP contribution in [0, 0.1) is 5.92 Å². The maximum atomic E-state index is 12.5. The second-order valence-electron chi connectivity index (χ2n) is 6.07. The maximum absolute atomic E-state index is 12.5. The van der Waals surface area contributed by atoms with Crippen molar-refractivity contribution in [2.75, 3.05) is 0 Å². The molecule has 0 saturated heterocycles. The molecule has 0 bridgehead atoms. The van der Waals surface area contributed by atoms with Crippen molar-refractivity contribution in [2.45, 2.75) is 72.1 Å². The van der Waals surface area contributed by atoms with Crippen molar-refractivity contribution in [3.8, 4) is 11.5 Å². The van der Waals surface area contributed by atoms with E-state index in [9.17, 15) is 9.59 Å². The Morgan fingerprint density at radius 1 is 0.875 bits per heavy atom. The van der Waals surface area contributed by atoms with Crippen LogP contribution >= 0.6 is 0 Å². The first-order valence-corrected chi connectivity index (χ1v) is 9.13. The SMILES string of the molecule is CCCCCC(CCC)C(=O)Oc1ccccc1OC(=O)CCC. The first-order chi connectivity index (χ1) is 11.6. The van der Waals surface area contributed by atoms with Crippen molar-refractivity contribution in [3.05, 3.63) is 24.3 Å². The molecule has 1 atom stereocenters. The van der Waals surface area contributed by atoms with Gasteiger partial charge in [0.2, 0.25) is 0 Å². The Kier molecular flexibility index (Phi) is 9.81. The molecule has 1 aromatic carbocycles. The minimum absolute atomic E-state index is 0.0963. The van der Waals surface area contributed by atoms with Gasteiger partial charge < -0.3 is 9.47 Å². The quantitative estimate of drug-likeness (QED) is 0.313. The van der Waals surface area contributed by atoms with Crippen LogP contribution in [0.3, 0.4) is 0 Å². The zero-order chi connectivity index (χ0) is 17.8. The predicted octanol–water partition coefficient (Wildman–Crippen LogP) is 5.29. The van der Waals surface area contributed by atoms with Crippen molar-refractivity contribution >= 4 is 11.9 Å². The summed E-state index contributed by atoms with van der Waals surface area (Å²) >= 11 is 0. The third kappa shape index (κ3) is 7.16. The number of para-hydroxylation sites is 2. The molecule has 4 heteroatoms. The van der Waals surface area contributed by atoms with Crippen molar-refractivity contribution in [3.63, 3.8) is 0 Å². The van der Waals surface area contributed by atoms with Gasteiger partial charge >= 0.3 is 11.9 Å². The molecular formula is C20H30O4. The summed E-state index contributed by atoms with van der Waals surface area (Å²) in [5.74, 6) is -0.00130. The number of hydrogen-bond donors (Lipinski definition) is 0. The number of ether oxygens (including phenoxy) is 2. The van der Waals surface area contributed by atoms with E-state index in [-0.39, 0.29) is 17.9 Å². The van der Waals surface area contributed by atoms with Crippen LogP contribution in [0.5, 0.6) is 11.5 Å². The first-order valence-electron chi connectivity index (χ1n) is 9.13. The van der Waals surface area contributed by atoms with Gasteiger partial charge in [-0.15, -0.1) is 0 Å². The highest BCUT2D eigenvalue weighted by Gasteiger charge is 2.21. The van der Waals surface area contributed by atoms with Gasteiger partial charge in [0.05, 0.1) is 5.92 Å². The molecule has 1 unspecified atom stereocenters. The first kappa shape index (κ1) is 20.2. The van der Waals surface area contributed by atoms with Crippen LogP contribution in [0.2, 0.25) is 0 Å². The van der Waals surface area contributed by atoms with Gasteiger partial charge in [0.1, 0.15) is 0 Å². The minimum Gasteiger partial charge on any atom is -0.423 e. The second kappa shape index (κ2) is 11.7. The van der Waals surface area contributed by atoms with Crippen molar-refractivity contribution in [1.29, 1.82) is 0 Å². The summed E-state index contributed by atoms with van der Waals surface area (Å²) in [5, 5.41) is 0. The van der Waals surface area contributed by atoms with Gasteiger partial charge in [-0.25, -0.2) is 0 Å². The summed E-state index contributed by atoms with van der Waals surface area (Å²) in [5.41, 5.74) is 0. The van der Waals surface area contributed by atoms with Gasteiger partial charge in [-0.2, -0.15) is 0 Å². The Hall–Kier alpha value is -1.84. The average Bonchev–Trinajstić information content (AvgIpc) is 2.56. The molecule has 1 rings (SSSR count). The fourth-order valence-electron chi connectivity index (χ4n) is 2.56. The number of benzene rings is 1. The highest BCUT2D eigenvalue weighted by molar-refractivity contribution is 5.77. The molecule has 134 valence electrons. The largest absolute Gasteiger partial charge is 0.423 e. The normalized spacial score (nSPS) is 11.8. The molecular weight excluding hydrogens is 304 g/mol. The molecule has 0 amide bonds. The monoisotopic (exact) mass is 334 g/mol. The third-order valence-corrected chi connectivity index (χ3v) is 3.86. The fourth-order valence-corrected chi connectivity index (χ4v) is 2.56. The number of rotatable bonds is 11. The Labute approximate surface area is 145 Å². The van der Waals surface area contributed by atoms with Crippen LogP contribution < -0.4 is 9.47 Å². The van der Waals surface area contributed by atoms with Crippen LogP contribution in [0.1, 0.15) is 72.1 Å². The highest BCUT2D eigenvalue weighted by Crippen LogP contribution is 2.29. The molecule has 24 heavy (non-hydrogen) atoms. The van der Waals surface area contributed by atoms with Crippen molar-refractivity contribution in [1.82, 2.24) is 0 Å². The second-order valence-corrected chi connectivity index (χ2v) is 6.07. The zero-order valence-corrected chi connectivity index (χ0v) is 15.2. The van der Waals surface area contributed by atoms with Crippen LogP contribution in [-0.2, 0) is 9.59 Å². The van der Waals surface area contributed by atoms with Crippen molar-refractivity contribution < 1.29 is 19.1 Å². The summed E-state index contributed by atoms with van der Waals surface area (Å²) in [6.45, 7) is 6.13. The number of hydrogen-bond acceptors (Lipinski definition) is 4. The number of carbonyl (C=O) groups excluding carboxylic acids is 2. The Balaban J connectivity index is 2.74. The Morgan fingerprint density at radius 2 is 1.54 bits per heavy atom. The molecule has 4 nitrogen and oxygen atoms in total. The smallest absolute Gasteiger partial charge is 0.314 e. The van der Waals surface area contributed by atoms with Crippen LogP contribution in [0.15, 0.2) is 24.3 Å². The van der Waals surface area contributed by atoms with Crippen molar-refractivity contribution in [2.24, 2.45) is 5.92 Å². The van der Waals surface area contributed by atoms with Gasteiger partial charge in [0.15, 0.2) is 11.5 Å². The van der Waals surface area contributed by atoms with E-state index in [0.717, 1.165) is 44.9 Å². The van der Waals surface area contributed by atoms with Gasteiger partial charge in [-0.3, -0.25) is 9.59 Å². The van der Waals surface area contributed by atoms with E-state index in [1.54, 1.807) is 24.3 Å². The standard InChI is InChI=1S/C20H30O4/c1-4-7-8-13-16(11-5-2)20(22)24-18-15-10-9-14-17(18)23-19(21)12-6-3/h9-10,14-16H,4-8,11-13H2,1-3H3. The van der Waals surface area contributed by atoms with Gasteiger partial charge in [-0.05, 0) is 31.4 Å². The summed E-state index contributed by atoms with van der Waals surface area (Å²) in [7, 11) is 0. The molecule has 0 heterocycles. The van der Waals surface area contributed by atoms with E-state index in [1.807, 2.05) is 6.92 Å². The average molecular weight is 334 g/mol. The molecule has 0 spiro atoms. The summed E-state index contributed by atoms with van der Waals surface area (Å²) in [4.78, 5) is 24.2. The topological polar surface area (TPSA) is 52.6 Å². The lowest BCUT2D eigenvalue weighted by Crippen LogP contribution is -2.21. The van der Waals surface area contributed by atoms with Crippen LogP contribution in [-0.4, -0.2) is 11.9 Å².